The lowest BCUT2D eigenvalue weighted by Gasteiger charge is -2.31. The summed E-state index contributed by atoms with van der Waals surface area (Å²) in [6, 6.07) is 2.40. The van der Waals surface area contributed by atoms with Gasteiger partial charge >= 0.3 is 0 Å². The van der Waals surface area contributed by atoms with E-state index in [1.807, 2.05) is 12.4 Å². The number of aromatic nitrogens is 2. The van der Waals surface area contributed by atoms with Crippen LogP contribution in [-0.4, -0.2) is 53.1 Å². The van der Waals surface area contributed by atoms with E-state index in [-0.39, 0.29) is 11.9 Å². The van der Waals surface area contributed by atoms with E-state index in [9.17, 15) is 10.1 Å². The van der Waals surface area contributed by atoms with Gasteiger partial charge in [-0.1, -0.05) is 0 Å². The lowest BCUT2D eigenvalue weighted by Crippen LogP contribution is -2.50. The minimum absolute atomic E-state index is 0.108. The maximum atomic E-state index is 12.9. The highest BCUT2D eigenvalue weighted by Gasteiger charge is 2.46. The average molecular weight is 355 g/mol. The molecule has 1 N–H and O–H groups in total. The topological polar surface area (TPSA) is 91.1 Å². The molecule has 26 heavy (non-hydrogen) atoms. The van der Waals surface area contributed by atoms with Gasteiger partial charge in [0.1, 0.15) is 11.7 Å². The molecule has 3 heterocycles. The van der Waals surface area contributed by atoms with E-state index in [4.69, 9.17) is 4.74 Å². The van der Waals surface area contributed by atoms with Crippen molar-refractivity contribution in [3.63, 3.8) is 0 Å². The van der Waals surface area contributed by atoms with Crippen molar-refractivity contribution in [1.29, 1.82) is 5.26 Å². The molecule has 0 bridgehead atoms. The van der Waals surface area contributed by atoms with E-state index in [1.165, 1.54) is 12.8 Å². The Morgan fingerprint density at radius 3 is 2.69 bits per heavy atom. The van der Waals surface area contributed by atoms with Crippen LogP contribution in [0.1, 0.15) is 31.2 Å². The van der Waals surface area contributed by atoms with Crippen LogP contribution in [0, 0.1) is 28.6 Å². The molecule has 1 aromatic heterocycles. The van der Waals surface area contributed by atoms with Gasteiger partial charge in [0, 0.05) is 56.8 Å². The van der Waals surface area contributed by atoms with Gasteiger partial charge in [-0.3, -0.25) is 9.69 Å². The van der Waals surface area contributed by atoms with Crippen molar-refractivity contribution in [2.75, 3.05) is 26.3 Å². The van der Waals surface area contributed by atoms with Crippen molar-refractivity contribution in [1.82, 2.24) is 20.2 Å². The summed E-state index contributed by atoms with van der Waals surface area (Å²) >= 11 is 0. The Kier molecular flexibility index (Phi) is 4.88. The molecular weight excluding hydrogens is 330 g/mol. The Bertz CT molecular complexity index is 679. The average Bonchev–Trinajstić information content (AvgIpc) is 3.45. The molecule has 3 fully saturated rings. The van der Waals surface area contributed by atoms with Crippen LogP contribution in [0.5, 0.6) is 0 Å². The van der Waals surface area contributed by atoms with Crippen LogP contribution in [0.25, 0.3) is 0 Å². The number of ether oxygens (including phenoxy) is 1. The van der Waals surface area contributed by atoms with Crippen LogP contribution in [0.15, 0.2) is 18.7 Å². The number of nitriles is 1. The predicted octanol–water partition coefficient (Wildman–Crippen LogP) is 1.12. The van der Waals surface area contributed by atoms with E-state index in [2.05, 4.69) is 26.3 Å². The third-order valence-corrected chi connectivity index (χ3v) is 6.00. The third-order valence-electron chi connectivity index (χ3n) is 6.00. The van der Waals surface area contributed by atoms with Gasteiger partial charge in [-0.15, -0.1) is 0 Å². The Labute approximate surface area is 153 Å². The molecule has 2 aliphatic heterocycles. The second-order valence-corrected chi connectivity index (χ2v) is 7.83. The first-order valence-electron chi connectivity index (χ1n) is 9.46. The number of carbonyl (C=O) groups is 1. The molecule has 1 amide bonds. The quantitative estimate of drug-likeness (QED) is 0.851. The van der Waals surface area contributed by atoms with Crippen molar-refractivity contribution < 1.29 is 9.53 Å². The maximum Gasteiger partial charge on any atom is 0.240 e. The van der Waals surface area contributed by atoms with Crippen molar-refractivity contribution in [2.24, 2.45) is 17.3 Å². The fourth-order valence-electron chi connectivity index (χ4n) is 4.28. The van der Waals surface area contributed by atoms with Gasteiger partial charge in [0.05, 0.1) is 6.07 Å². The molecule has 0 unspecified atom stereocenters. The zero-order valence-corrected chi connectivity index (χ0v) is 14.9. The summed E-state index contributed by atoms with van der Waals surface area (Å²) in [5, 5.41) is 12.9. The molecule has 2 saturated heterocycles. The van der Waals surface area contributed by atoms with E-state index in [0.29, 0.717) is 37.9 Å². The SMILES string of the molecule is N#CC1(C(=O)N[C@H]2CN(Cc3cncnc3)C[C@@H]2C2CC2)CCOCC1. The van der Waals surface area contributed by atoms with Gasteiger partial charge in [-0.2, -0.15) is 5.26 Å². The maximum absolute atomic E-state index is 12.9. The second-order valence-electron chi connectivity index (χ2n) is 7.83. The summed E-state index contributed by atoms with van der Waals surface area (Å²) < 4.78 is 5.35. The molecule has 4 rings (SSSR count). The van der Waals surface area contributed by atoms with Crippen molar-refractivity contribution >= 4 is 5.91 Å². The molecule has 7 nitrogen and oxygen atoms in total. The normalized spacial score (nSPS) is 28.4. The Hall–Kier alpha value is -2.04. The summed E-state index contributed by atoms with van der Waals surface area (Å²) in [7, 11) is 0. The molecule has 1 saturated carbocycles. The number of hydrogen-bond donors (Lipinski definition) is 1. The smallest absolute Gasteiger partial charge is 0.240 e. The molecule has 1 aromatic rings. The van der Waals surface area contributed by atoms with Gasteiger partial charge < -0.3 is 10.1 Å². The summed E-state index contributed by atoms with van der Waals surface area (Å²) in [6.07, 6.45) is 8.70. The standard InChI is InChI=1S/C19H25N5O2/c20-12-19(3-5-26-6-4-19)18(25)23-17-11-24(10-16(17)15-1-2-15)9-14-7-21-13-22-8-14/h7-8,13,15-17H,1-6,9-11H2,(H,23,25)/t16-,17+/m1/s1. The summed E-state index contributed by atoms with van der Waals surface area (Å²) in [4.78, 5) is 23.5. The largest absolute Gasteiger partial charge is 0.381 e. The lowest BCUT2D eigenvalue weighted by atomic mass is 9.80. The van der Waals surface area contributed by atoms with E-state index < -0.39 is 5.41 Å². The van der Waals surface area contributed by atoms with Crippen LogP contribution in [0.2, 0.25) is 0 Å². The van der Waals surface area contributed by atoms with Crippen molar-refractivity contribution in [3.8, 4) is 6.07 Å². The highest BCUT2D eigenvalue weighted by molar-refractivity contribution is 5.85. The summed E-state index contributed by atoms with van der Waals surface area (Å²) in [5.41, 5.74) is 0.166. The van der Waals surface area contributed by atoms with Gasteiger partial charge in [0.25, 0.3) is 0 Å². The highest BCUT2D eigenvalue weighted by Crippen LogP contribution is 2.42. The first-order valence-corrected chi connectivity index (χ1v) is 9.46. The van der Waals surface area contributed by atoms with Gasteiger partial charge in [0.15, 0.2) is 0 Å². The number of hydrogen-bond acceptors (Lipinski definition) is 6. The summed E-state index contributed by atoms with van der Waals surface area (Å²) in [5.74, 6) is 1.06. The number of nitrogens with zero attached hydrogens (tertiary/aromatic N) is 4. The van der Waals surface area contributed by atoms with Crippen molar-refractivity contribution in [2.45, 2.75) is 38.3 Å². The molecule has 1 aliphatic carbocycles. The lowest BCUT2D eigenvalue weighted by molar-refractivity contribution is -0.133. The predicted molar refractivity (Wildman–Crippen MR) is 93.6 cm³/mol. The monoisotopic (exact) mass is 355 g/mol. The first kappa shape index (κ1) is 17.4. The molecular formula is C19H25N5O2. The van der Waals surface area contributed by atoms with E-state index >= 15 is 0 Å². The number of amides is 1. The number of likely N-dealkylation sites (tertiary alicyclic amines) is 1. The van der Waals surface area contributed by atoms with Crippen LogP contribution < -0.4 is 5.32 Å². The van der Waals surface area contributed by atoms with Crippen LogP contribution >= 0.6 is 0 Å². The molecule has 0 spiro atoms. The Morgan fingerprint density at radius 1 is 1.31 bits per heavy atom. The fourth-order valence-corrected chi connectivity index (χ4v) is 4.28. The zero-order chi connectivity index (χ0) is 18.0. The minimum atomic E-state index is -0.924. The number of rotatable bonds is 5. The van der Waals surface area contributed by atoms with Crippen LogP contribution in [0.3, 0.4) is 0 Å². The van der Waals surface area contributed by atoms with Gasteiger partial charge in [-0.25, -0.2) is 9.97 Å². The minimum Gasteiger partial charge on any atom is -0.381 e. The summed E-state index contributed by atoms with van der Waals surface area (Å²) in [6.45, 7) is 3.57. The zero-order valence-electron chi connectivity index (χ0n) is 14.9. The second kappa shape index (κ2) is 7.29. The molecule has 3 aliphatic rings. The molecule has 2 atom stereocenters. The van der Waals surface area contributed by atoms with E-state index in [0.717, 1.165) is 25.2 Å². The number of carbonyl (C=O) groups excluding carboxylic acids is 1. The van der Waals surface area contributed by atoms with E-state index in [1.54, 1.807) is 6.33 Å². The first-order chi connectivity index (χ1) is 12.7. The molecule has 138 valence electrons. The van der Waals surface area contributed by atoms with Crippen LogP contribution in [-0.2, 0) is 16.1 Å². The third kappa shape index (κ3) is 3.57. The van der Waals surface area contributed by atoms with Crippen molar-refractivity contribution in [3.05, 3.63) is 24.3 Å². The number of nitrogens with one attached hydrogen (secondary N) is 1. The fraction of sp³-hybridized carbons (Fsp3) is 0.684. The van der Waals surface area contributed by atoms with Gasteiger partial charge in [-0.05, 0) is 37.5 Å². The van der Waals surface area contributed by atoms with Gasteiger partial charge in [0.2, 0.25) is 5.91 Å². The van der Waals surface area contributed by atoms with Crippen LogP contribution in [0.4, 0.5) is 0 Å². The Morgan fingerprint density at radius 2 is 2.04 bits per heavy atom. The molecule has 7 heteroatoms. The molecule has 0 aromatic carbocycles. The Balaban J connectivity index is 1.42. The highest BCUT2D eigenvalue weighted by atomic mass is 16.5. The molecule has 0 radical (unpaired) electrons.